The Bertz CT molecular complexity index is 1380. The summed E-state index contributed by atoms with van der Waals surface area (Å²) in [6, 6.07) is 11.5. The molecule has 10 nitrogen and oxygen atoms in total. The molecule has 1 aliphatic heterocycles. The molecule has 2 aromatic heterocycles. The number of para-hydroxylation sites is 1. The number of piperidine rings is 1. The van der Waals surface area contributed by atoms with Crippen LogP contribution in [0, 0.1) is 5.92 Å². The highest BCUT2D eigenvalue weighted by Crippen LogP contribution is 2.43. The molecule has 1 N–H and O–H groups in total. The van der Waals surface area contributed by atoms with E-state index >= 15 is 0 Å². The number of nitrogens with one attached hydrogen (secondary N) is 1. The third-order valence-corrected chi connectivity index (χ3v) is 8.73. The molecule has 38 heavy (non-hydrogen) atoms. The lowest BCUT2D eigenvalue weighted by Crippen LogP contribution is -2.36. The Morgan fingerprint density at radius 1 is 1.08 bits per heavy atom. The van der Waals surface area contributed by atoms with Gasteiger partial charge in [0.2, 0.25) is 10.0 Å². The minimum Gasteiger partial charge on any atom is -0.384 e. The summed E-state index contributed by atoms with van der Waals surface area (Å²) < 4.78 is 39.2. The fraction of sp³-hybridized carbons (Fsp3) is 0.519. The number of pyridine rings is 1. The van der Waals surface area contributed by atoms with Gasteiger partial charge in [-0.1, -0.05) is 24.6 Å². The number of anilines is 1. The topological polar surface area (TPSA) is 116 Å². The number of hydrogen-bond acceptors (Lipinski definition) is 8. The fourth-order valence-corrected chi connectivity index (χ4v) is 6.09. The average Bonchev–Trinajstić information content (AvgIpc) is 3.26. The van der Waals surface area contributed by atoms with Gasteiger partial charge in [0.25, 0.3) is 5.91 Å². The first kappa shape index (κ1) is 26.6. The SMILES string of the molecule is COCCS(=O)(=O)NC(=O)c1cc(N2CCC(COC)CC2)c2c(C3CCC3)nn(-c3ccccc3)c2n1. The zero-order valence-corrected chi connectivity index (χ0v) is 22.7. The van der Waals surface area contributed by atoms with E-state index in [1.54, 1.807) is 17.9 Å². The second-order valence-electron chi connectivity index (χ2n) is 10.1. The van der Waals surface area contributed by atoms with Gasteiger partial charge in [-0.3, -0.25) is 4.79 Å². The van der Waals surface area contributed by atoms with Crippen LogP contribution in [-0.2, 0) is 19.5 Å². The first-order valence-corrected chi connectivity index (χ1v) is 14.8. The molecule has 11 heteroatoms. The van der Waals surface area contributed by atoms with Crippen LogP contribution in [-0.4, -0.2) is 75.4 Å². The fourth-order valence-electron chi connectivity index (χ4n) is 5.22. The van der Waals surface area contributed by atoms with Crippen LogP contribution >= 0.6 is 0 Å². The summed E-state index contributed by atoms with van der Waals surface area (Å²) in [6.45, 7) is 2.33. The number of methoxy groups -OCH3 is 2. The van der Waals surface area contributed by atoms with E-state index in [1.165, 1.54) is 7.11 Å². The van der Waals surface area contributed by atoms with Crippen molar-refractivity contribution in [3.63, 3.8) is 0 Å². The van der Waals surface area contributed by atoms with Gasteiger partial charge in [0.05, 0.1) is 34.8 Å². The number of hydrogen-bond donors (Lipinski definition) is 1. The van der Waals surface area contributed by atoms with Crippen molar-refractivity contribution in [2.75, 3.05) is 51.2 Å². The zero-order chi connectivity index (χ0) is 26.7. The summed E-state index contributed by atoms with van der Waals surface area (Å²) in [4.78, 5) is 20.2. The van der Waals surface area contributed by atoms with E-state index in [1.807, 2.05) is 30.3 Å². The quantitative estimate of drug-likeness (QED) is 0.416. The Balaban J connectivity index is 1.62. The Hall–Kier alpha value is -3.02. The predicted molar refractivity (Wildman–Crippen MR) is 145 cm³/mol. The van der Waals surface area contributed by atoms with Gasteiger partial charge in [-0.05, 0) is 49.8 Å². The zero-order valence-electron chi connectivity index (χ0n) is 21.9. The number of sulfonamides is 1. The Morgan fingerprint density at radius 2 is 1.82 bits per heavy atom. The molecular formula is C27H35N5O5S. The maximum atomic E-state index is 13.2. The van der Waals surface area contributed by atoms with E-state index in [0.29, 0.717) is 17.5 Å². The normalized spacial score (nSPS) is 17.1. The van der Waals surface area contributed by atoms with Crippen LogP contribution in [0.5, 0.6) is 0 Å². The second kappa shape index (κ2) is 11.4. The van der Waals surface area contributed by atoms with Crippen LogP contribution in [0.2, 0.25) is 0 Å². The molecule has 3 heterocycles. The van der Waals surface area contributed by atoms with Gasteiger partial charge in [-0.2, -0.15) is 5.10 Å². The molecule has 0 radical (unpaired) electrons. The van der Waals surface area contributed by atoms with E-state index in [-0.39, 0.29) is 18.1 Å². The third-order valence-electron chi connectivity index (χ3n) is 7.53. The molecule has 0 unspecified atom stereocenters. The van der Waals surface area contributed by atoms with Gasteiger partial charge in [0.15, 0.2) is 5.65 Å². The molecular weight excluding hydrogens is 506 g/mol. The van der Waals surface area contributed by atoms with Crippen LogP contribution in [0.3, 0.4) is 0 Å². The van der Waals surface area contributed by atoms with Gasteiger partial charge < -0.3 is 14.4 Å². The van der Waals surface area contributed by atoms with E-state index in [9.17, 15) is 13.2 Å². The Morgan fingerprint density at radius 3 is 2.45 bits per heavy atom. The number of fused-ring (bicyclic) bond motifs is 1. The second-order valence-corrected chi connectivity index (χ2v) is 12.0. The maximum absolute atomic E-state index is 13.2. The Kier molecular flexibility index (Phi) is 7.96. The third kappa shape index (κ3) is 5.55. The lowest BCUT2D eigenvalue weighted by Gasteiger charge is -2.34. The molecule has 1 amide bonds. The lowest BCUT2D eigenvalue weighted by molar-refractivity contribution is 0.0976. The number of rotatable bonds is 10. The van der Waals surface area contributed by atoms with Crippen LogP contribution in [0.1, 0.15) is 54.2 Å². The van der Waals surface area contributed by atoms with Gasteiger partial charge in [0.1, 0.15) is 5.69 Å². The lowest BCUT2D eigenvalue weighted by atomic mass is 9.82. The minimum absolute atomic E-state index is 0.0116. The van der Waals surface area contributed by atoms with Crippen molar-refractivity contribution in [2.24, 2.45) is 5.92 Å². The Labute approximate surface area is 223 Å². The minimum atomic E-state index is -3.88. The van der Waals surface area contributed by atoms with Crippen LogP contribution in [0.15, 0.2) is 36.4 Å². The number of aromatic nitrogens is 3. The summed E-state index contributed by atoms with van der Waals surface area (Å²) in [5, 5.41) is 5.98. The number of amides is 1. The van der Waals surface area contributed by atoms with Crippen molar-refractivity contribution < 1.29 is 22.7 Å². The van der Waals surface area contributed by atoms with Gasteiger partial charge >= 0.3 is 0 Å². The standard InChI is InChI=1S/C27H35N5O5S/c1-36-15-16-38(34,35)30-27(33)22-17-23(31-13-11-19(12-14-31)18-37-2)24-25(20-7-6-8-20)29-32(26(24)28-22)21-9-4-3-5-10-21/h3-5,9-10,17,19-20H,6-8,11-16,18H2,1-2H3,(H,30,33). The molecule has 1 saturated carbocycles. The molecule has 0 spiro atoms. The van der Waals surface area contributed by atoms with Crippen LogP contribution in [0.25, 0.3) is 16.7 Å². The maximum Gasteiger partial charge on any atom is 0.283 e. The monoisotopic (exact) mass is 541 g/mol. The summed E-state index contributed by atoms with van der Waals surface area (Å²) in [6.07, 6.45) is 5.23. The van der Waals surface area contributed by atoms with Crippen molar-refractivity contribution in [3.05, 3.63) is 47.8 Å². The largest absolute Gasteiger partial charge is 0.384 e. The molecule has 0 atom stereocenters. The average molecular weight is 542 g/mol. The van der Waals surface area contributed by atoms with Gasteiger partial charge in [0, 0.05) is 39.8 Å². The summed E-state index contributed by atoms with van der Waals surface area (Å²) in [7, 11) is -0.730. The number of ether oxygens (including phenoxy) is 2. The highest BCUT2D eigenvalue weighted by molar-refractivity contribution is 7.90. The highest BCUT2D eigenvalue weighted by Gasteiger charge is 2.32. The molecule has 2 fully saturated rings. The number of nitrogens with zero attached hydrogens (tertiary/aromatic N) is 4. The van der Waals surface area contributed by atoms with Crippen LogP contribution < -0.4 is 9.62 Å². The molecule has 204 valence electrons. The smallest absolute Gasteiger partial charge is 0.283 e. The molecule has 3 aromatic rings. The van der Waals surface area contributed by atoms with Crippen molar-refractivity contribution in [3.8, 4) is 5.69 Å². The molecule has 2 aliphatic rings. The van der Waals surface area contributed by atoms with Gasteiger partial charge in [-0.15, -0.1) is 0 Å². The predicted octanol–water partition coefficient (Wildman–Crippen LogP) is 3.26. The first-order chi connectivity index (χ1) is 18.4. The highest BCUT2D eigenvalue weighted by atomic mass is 32.2. The summed E-state index contributed by atoms with van der Waals surface area (Å²) in [5.41, 5.74) is 3.33. The number of benzene rings is 1. The van der Waals surface area contributed by atoms with E-state index in [2.05, 4.69) is 9.62 Å². The van der Waals surface area contributed by atoms with Crippen molar-refractivity contribution >= 4 is 32.7 Å². The molecule has 0 bridgehead atoms. The van der Waals surface area contributed by atoms with Crippen LogP contribution in [0.4, 0.5) is 5.69 Å². The first-order valence-electron chi connectivity index (χ1n) is 13.2. The number of carbonyl (C=O) groups excluding carboxylic acids is 1. The summed E-state index contributed by atoms with van der Waals surface area (Å²) >= 11 is 0. The number of carbonyl (C=O) groups is 1. The molecule has 1 saturated heterocycles. The van der Waals surface area contributed by atoms with Crippen molar-refractivity contribution in [1.82, 2.24) is 19.5 Å². The summed E-state index contributed by atoms with van der Waals surface area (Å²) in [5.74, 6) is -0.251. The molecule has 1 aliphatic carbocycles. The van der Waals surface area contributed by atoms with E-state index in [4.69, 9.17) is 19.6 Å². The molecule has 1 aromatic carbocycles. The molecule has 5 rings (SSSR count). The van der Waals surface area contributed by atoms with E-state index < -0.39 is 15.9 Å². The van der Waals surface area contributed by atoms with E-state index in [0.717, 1.165) is 74.3 Å². The van der Waals surface area contributed by atoms with Gasteiger partial charge in [-0.25, -0.2) is 22.8 Å². The van der Waals surface area contributed by atoms with Crippen molar-refractivity contribution in [2.45, 2.75) is 38.0 Å². The van der Waals surface area contributed by atoms with Crippen molar-refractivity contribution in [1.29, 1.82) is 0 Å².